The quantitative estimate of drug-likeness (QED) is 0.614. The topological polar surface area (TPSA) is 35.5 Å². The summed E-state index contributed by atoms with van der Waals surface area (Å²) >= 11 is 1.48. The zero-order chi connectivity index (χ0) is 12.8. The van der Waals surface area contributed by atoms with Crippen molar-refractivity contribution < 1.29 is 13.6 Å². The van der Waals surface area contributed by atoms with Gasteiger partial charge in [0.1, 0.15) is 0 Å². The van der Waals surface area contributed by atoms with E-state index in [1.807, 2.05) is 13.8 Å². The number of hydrogen-bond acceptors (Lipinski definition) is 4. The average molecular weight is 280 g/mol. The first-order valence-electron chi connectivity index (χ1n) is 6.69. The van der Waals surface area contributed by atoms with Crippen LogP contribution in [-0.2, 0) is 13.6 Å². The predicted octanol–water partition coefficient (Wildman–Crippen LogP) is 5.01. The Kier molecular flexibility index (Phi) is 6.57. The van der Waals surface area contributed by atoms with E-state index in [0.717, 1.165) is 19.3 Å². The molecule has 102 valence electrons. The first kappa shape index (κ1) is 15.6. The largest absolute Gasteiger partial charge is 0.389 e. The van der Waals surface area contributed by atoms with Crippen molar-refractivity contribution in [3.63, 3.8) is 0 Å². The standard InChI is InChI=1S/C12H25O3PS/c1-4-12(10-8-7-9-11-12)17-16(13,14-5-2)15-6-3/h4-11H2,1-3H3. The van der Waals surface area contributed by atoms with Gasteiger partial charge in [-0.2, -0.15) is 0 Å². The van der Waals surface area contributed by atoms with E-state index in [4.69, 9.17) is 9.05 Å². The fourth-order valence-corrected chi connectivity index (χ4v) is 7.54. The van der Waals surface area contributed by atoms with E-state index in [1.165, 1.54) is 30.6 Å². The second kappa shape index (κ2) is 7.18. The lowest BCUT2D eigenvalue weighted by Gasteiger charge is -2.37. The van der Waals surface area contributed by atoms with Gasteiger partial charge in [0, 0.05) is 4.75 Å². The summed E-state index contributed by atoms with van der Waals surface area (Å²) in [6, 6.07) is 0. The van der Waals surface area contributed by atoms with Crippen molar-refractivity contribution in [2.24, 2.45) is 0 Å². The van der Waals surface area contributed by atoms with Crippen LogP contribution < -0.4 is 0 Å². The van der Waals surface area contributed by atoms with E-state index in [0.29, 0.717) is 13.2 Å². The van der Waals surface area contributed by atoms with Gasteiger partial charge < -0.3 is 9.05 Å². The van der Waals surface area contributed by atoms with Crippen molar-refractivity contribution in [1.82, 2.24) is 0 Å². The Morgan fingerprint density at radius 3 is 2.00 bits per heavy atom. The van der Waals surface area contributed by atoms with Crippen LogP contribution in [0.4, 0.5) is 0 Å². The molecule has 0 unspecified atom stereocenters. The van der Waals surface area contributed by atoms with Crippen molar-refractivity contribution in [3.8, 4) is 0 Å². The minimum Gasteiger partial charge on any atom is -0.301 e. The zero-order valence-electron chi connectivity index (χ0n) is 11.2. The Bertz CT molecular complexity index is 254. The van der Waals surface area contributed by atoms with Crippen molar-refractivity contribution in [2.45, 2.75) is 64.0 Å². The smallest absolute Gasteiger partial charge is 0.301 e. The van der Waals surface area contributed by atoms with Crippen LogP contribution in [-0.4, -0.2) is 18.0 Å². The number of rotatable bonds is 7. The Balaban J connectivity index is 2.71. The van der Waals surface area contributed by atoms with Crippen molar-refractivity contribution in [3.05, 3.63) is 0 Å². The predicted molar refractivity (Wildman–Crippen MR) is 74.6 cm³/mol. The summed E-state index contributed by atoms with van der Waals surface area (Å²) < 4.78 is 23.5. The van der Waals surface area contributed by atoms with Gasteiger partial charge >= 0.3 is 6.80 Å². The minimum absolute atomic E-state index is 0.109. The maximum absolute atomic E-state index is 12.6. The molecule has 0 aliphatic heterocycles. The molecule has 0 heterocycles. The lowest BCUT2D eigenvalue weighted by atomic mass is 9.86. The highest BCUT2D eigenvalue weighted by Gasteiger charge is 2.40. The summed E-state index contributed by atoms with van der Waals surface area (Å²) in [4.78, 5) is 0. The van der Waals surface area contributed by atoms with E-state index in [-0.39, 0.29) is 4.75 Å². The lowest BCUT2D eigenvalue weighted by Crippen LogP contribution is -2.26. The van der Waals surface area contributed by atoms with Crippen LogP contribution in [0.3, 0.4) is 0 Å². The fourth-order valence-electron chi connectivity index (χ4n) is 2.35. The van der Waals surface area contributed by atoms with Gasteiger partial charge in [-0.1, -0.05) is 26.2 Å². The van der Waals surface area contributed by atoms with Crippen LogP contribution in [0.15, 0.2) is 0 Å². The van der Waals surface area contributed by atoms with E-state index >= 15 is 0 Å². The monoisotopic (exact) mass is 280 g/mol. The molecule has 17 heavy (non-hydrogen) atoms. The first-order chi connectivity index (χ1) is 8.10. The van der Waals surface area contributed by atoms with Gasteiger partial charge in [-0.15, -0.1) is 0 Å². The van der Waals surface area contributed by atoms with Crippen LogP contribution in [0.25, 0.3) is 0 Å². The van der Waals surface area contributed by atoms with Crippen LogP contribution in [0, 0.1) is 0 Å². The van der Waals surface area contributed by atoms with Crippen molar-refractivity contribution in [1.29, 1.82) is 0 Å². The third-order valence-corrected chi connectivity index (χ3v) is 8.21. The zero-order valence-corrected chi connectivity index (χ0v) is 12.9. The van der Waals surface area contributed by atoms with E-state index < -0.39 is 6.80 Å². The van der Waals surface area contributed by atoms with Gasteiger partial charge in [0.15, 0.2) is 0 Å². The molecular formula is C12H25O3PS. The fraction of sp³-hybridized carbons (Fsp3) is 1.00. The summed E-state index contributed by atoms with van der Waals surface area (Å²) in [5.74, 6) is 0. The molecule has 1 aliphatic rings. The summed E-state index contributed by atoms with van der Waals surface area (Å²) in [6.45, 7) is 3.86. The molecule has 3 nitrogen and oxygen atoms in total. The van der Waals surface area contributed by atoms with Crippen molar-refractivity contribution >= 4 is 18.2 Å². The van der Waals surface area contributed by atoms with Crippen LogP contribution in [0.1, 0.15) is 59.3 Å². The molecule has 1 aliphatic carbocycles. The van der Waals surface area contributed by atoms with Gasteiger partial charge in [0.2, 0.25) is 0 Å². The molecule has 1 rings (SSSR count). The van der Waals surface area contributed by atoms with Gasteiger partial charge in [-0.05, 0) is 44.5 Å². The Morgan fingerprint density at radius 1 is 1.06 bits per heavy atom. The summed E-state index contributed by atoms with van der Waals surface area (Å²) in [5, 5.41) is 0. The molecular weight excluding hydrogens is 255 g/mol. The molecule has 0 aromatic carbocycles. The maximum atomic E-state index is 12.6. The molecule has 0 bridgehead atoms. The molecule has 0 aromatic rings. The van der Waals surface area contributed by atoms with E-state index in [9.17, 15) is 4.57 Å². The molecule has 0 radical (unpaired) electrons. The molecule has 1 fully saturated rings. The van der Waals surface area contributed by atoms with Crippen molar-refractivity contribution in [2.75, 3.05) is 13.2 Å². The Labute approximate surface area is 109 Å². The second-order valence-electron chi connectivity index (χ2n) is 4.47. The second-order valence-corrected chi connectivity index (χ2v) is 8.82. The molecule has 1 saturated carbocycles. The average Bonchev–Trinajstić information content (AvgIpc) is 2.30. The minimum atomic E-state index is -2.95. The van der Waals surface area contributed by atoms with Crippen LogP contribution in [0.5, 0.6) is 0 Å². The van der Waals surface area contributed by atoms with E-state index in [1.54, 1.807) is 0 Å². The van der Waals surface area contributed by atoms with Gasteiger partial charge in [0.25, 0.3) is 0 Å². The van der Waals surface area contributed by atoms with Crippen LogP contribution >= 0.6 is 18.2 Å². The summed E-state index contributed by atoms with van der Waals surface area (Å²) in [5.41, 5.74) is 0. The normalized spacial score (nSPS) is 20.4. The first-order valence-corrected chi connectivity index (χ1v) is 9.66. The summed E-state index contributed by atoms with van der Waals surface area (Å²) in [7, 11) is 0. The molecule has 0 amide bonds. The molecule has 0 saturated heterocycles. The van der Waals surface area contributed by atoms with Crippen LogP contribution in [0.2, 0.25) is 0 Å². The maximum Gasteiger partial charge on any atom is 0.389 e. The Morgan fingerprint density at radius 2 is 1.59 bits per heavy atom. The highest BCUT2D eigenvalue weighted by atomic mass is 32.7. The summed E-state index contributed by atoms with van der Waals surface area (Å²) in [6.07, 6.45) is 7.09. The highest BCUT2D eigenvalue weighted by molar-refractivity contribution is 8.55. The SMILES string of the molecule is CCOP(=O)(OCC)SC1(CC)CCCCC1. The van der Waals surface area contributed by atoms with Gasteiger partial charge in [0.05, 0.1) is 13.2 Å². The lowest BCUT2D eigenvalue weighted by molar-refractivity contribution is 0.235. The molecule has 5 heteroatoms. The third kappa shape index (κ3) is 4.59. The van der Waals surface area contributed by atoms with Gasteiger partial charge in [-0.25, -0.2) is 4.57 Å². The molecule has 0 aromatic heterocycles. The third-order valence-electron chi connectivity index (χ3n) is 3.29. The molecule has 0 atom stereocenters. The number of hydrogen-bond donors (Lipinski definition) is 0. The Hall–Kier alpha value is 0.500. The molecule has 0 N–H and O–H groups in total. The highest BCUT2D eigenvalue weighted by Crippen LogP contribution is 2.68. The van der Waals surface area contributed by atoms with Gasteiger partial charge in [-0.3, -0.25) is 0 Å². The van der Waals surface area contributed by atoms with E-state index in [2.05, 4.69) is 6.92 Å². The molecule has 0 spiro atoms.